The first-order valence-corrected chi connectivity index (χ1v) is 9.63. The van der Waals surface area contributed by atoms with Crippen LogP contribution in [0.25, 0.3) is 0 Å². The number of carbonyl (C=O) groups is 2. The van der Waals surface area contributed by atoms with Crippen LogP contribution in [0.4, 0.5) is 10.5 Å². The van der Waals surface area contributed by atoms with Gasteiger partial charge in [-0.1, -0.05) is 36.4 Å². The highest BCUT2D eigenvalue weighted by atomic mass is 32.2. The molecule has 0 aliphatic carbocycles. The summed E-state index contributed by atoms with van der Waals surface area (Å²) in [6.45, 7) is 1.35. The Morgan fingerprint density at radius 1 is 0.962 bits per heavy atom. The van der Waals surface area contributed by atoms with Crippen LogP contribution in [0.1, 0.15) is 6.92 Å². The first kappa shape index (κ1) is 17.9. The van der Waals surface area contributed by atoms with Crippen molar-refractivity contribution in [2.24, 2.45) is 0 Å². The van der Waals surface area contributed by atoms with Crippen molar-refractivity contribution < 1.29 is 22.2 Å². The molecule has 0 saturated carbocycles. The quantitative estimate of drug-likeness (QED) is 0.572. The topological polar surface area (TPSA) is 84.0 Å². The molecule has 26 heavy (non-hydrogen) atoms. The SMILES string of the molecule is CC1C(=O)N(CCS(=O)(=O)Oc2ccccc2)C(=O)N1c1ccccc1. The summed E-state index contributed by atoms with van der Waals surface area (Å²) >= 11 is 0. The van der Waals surface area contributed by atoms with E-state index in [1.807, 2.05) is 6.07 Å². The van der Waals surface area contributed by atoms with Crippen molar-refractivity contribution in [1.29, 1.82) is 0 Å². The minimum absolute atomic E-state index is 0.186. The second-order valence-corrected chi connectivity index (χ2v) is 7.50. The van der Waals surface area contributed by atoms with Crippen LogP contribution in [0.5, 0.6) is 5.75 Å². The summed E-state index contributed by atoms with van der Waals surface area (Å²) in [5.41, 5.74) is 0.587. The van der Waals surface area contributed by atoms with Crippen LogP contribution >= 0.6 is 0 Å². The smallest absolute Gasteiger partial charge is 0.332 e. The zero-order valence-electron chi connectivity index (χ0n) is 14.1. The lowest BCUT2D eigenvalue weighted by molar-refractivity contribution is -0.126. The van der Waals surface area contributed by atoms with E-state index >= 15 is 0 Å². The number of rotatable bonds is 6. The van der Waals surface area contributed by atoms with Crippen molar-refractivity contribution in [3.8, 4) is 5.75 Å². The number of carbonyl (C=O) groups excluding carboxylic acids is 2. The predicted molar refractivity (Wildman–Crippen MR) is 96.3 cm³/mol. The van der Waals surface area contributed by atoms with Crippen molar-refractivity contribution >= 4 is 27.7 Å². The maximum atomic E-state index is 12.6. The van der Waals surface area contributed by atoms with Crippen molar-refractivity contribution in [2.75, 3.05) is 17.2 Å². The first-order valence-electron chi connectivity index (χ1n) is 8.06. The minimum Gasteiger partial charge on any atom is -0.382 e. The fraction of sp³-hybridized carbons (Fsp3) is 0.222. The highest BCUT2D eigenvalue weighted by Crippen LogP contribution is 2.25. The molecule has 3 amide bonds. The van der Waals surface area contributed by atoms with Gasteiger partial charge >= 0.3 is 16.1 Å². The van der Waals surface area contributed by atoms with E-state index < -0.39 is 33.9 Å². The number of hydrogen-bond donors (Lipinski definition) is 0. The highest BCUT2D eigenvalue weighted by molar-refractivity contribution is 7.87. The number of nitrogens with zero attached hydrogens (tertiary/aromatic N) is 2. The van der Waals surface area contributed by atoms with Crippen LogP contribution < -0.4 is 9.08 Å². The Kier molecular flexibility index (Phi) is 4.94. The van der Waals surface area contributed by atoms with E-state index in [0.717, 1.165) is 4.90 Å². The Bertz CT molecular complexity index is 900. The Hall–Kier alpha value is -2.87. The standard InChI is InChI=1S/C18H18N2O5S/c1-14-17(21)19(18(22)20(14)15-8-4-2-5-9-15)12-13-26(23,24)25-16-10-6-3-7-11-16/h2-11,14H,12-13H2,1H3. The van der Waals surface area contributed by atoms with E-state index in [4.69, 9.17) is 4.18 Å². The lowest BCUT2D eigenvalue weighted by atomic mass is 10.2. The summed E-state index contributed by atoms with van der Waals surface area (Å²) in [6.07, 6.45) is 0. The molecule has 7 nitrogen and oxygen atoms in total. The van der Waals surface area contributed by atoms with Gasteiger partial charge in [-0.2, -0.15) is 8.42 Å². The molecule has 3 rings (SSSR count). The summed E-state index contributed by atoms with van der Waals surface area (Å²) < 4.78 is 29.2. The number of amides is 3. The van der Waals surface area contributed by atoms with Gasteiger partial charge in [-0.05, 0) is 31.2 Å². The molecule has 1 aliphatic heterocycles. The van der Waals surface area contributed by atoms with Gasteiger partial charge in [0.25, 0.3) is 5.91 Å². The van der Waals surface area contributed by atoms with Crippen LogP contribution in [0.2, 0.25) is 0 Å². The molecule has 2 aromatic rings. The normalized spacial score (nSPS) is 17.7. The summed E-state index contributed by atoms with van der Waals surface area (Å²) in [4.78, 5) is 27.3. The van der Waals surface area contributed by atoms with Crippen LogP contribution in [0.15, 0.2) is 60.7 Å². The van der Waals surface area contributed by atoms with Crippen molar-refractivity contribution in [3.63, 3.8) is 0 Å². The number of para-hydroxylation sites is 2. The molecule has 0 radical (unpaired) electrons. The zero-order chi connectivity index (χ0) is 18.7. The van der Waals surface area contributed by atoms with Gasteiger partial charge in [-0.25, -0.2) is 4.79 Å². The molecule has 0 spiro atoms. The Morgan fingerprint density at radius 2 is 1.54 bits per heavy atom. The van der Waals surface area contributed by atoms with Gasteiger partial charge in [0.05, 0.1) is 0 Å². The van der Waals surface area contributed by atoms with E-state index in [2.05, 4.69) is 0 Å². The Morgan fingerprint density at radius 3 is 2.15 bits per heavy atom. The van der Waals surface area contributed by atoms with Gasteiger partial charge in [-0.3, -0.25) is 14.6 Å². The zero-order valence-corrected chi connectivity index (χ0v) is 14.9. The van der Waals surface area contributed by atoms with Gasteiger partial charge in [0.2, 0.25) is 0 Å². The number of urea groups is 1. The summed E-state index contributed by atoms with van der Waals surface area (Å²) in [5, 5.41) is 0. The third-order valence-electron chi connectivity index (χ3n) is 4.01. The number of benzene rings is 2. The van der Waals surface area contributed by atoms with Gasteiger partial charge in [-0.15, -0.1) is 0 Å². The number of anilines is 1. The van der Waals surface area contributed by atoms with Gasteiger partial charge < -0.3 is 4.18 Å². The van der Waals surface area contributed by atoms with Crippen LogP contribution in [-0.4, -0.2) is 43.6 Å². The summed E-state index contributed by atoms with van der Waals surface area (Å²) in [6, 6.07) is 15.6. The summed E-state index contributed by atoms with van der Waals surface area (Å²) in [7, 11) is -3.93. The van der Waals surface area contributed by atoms with Crippen molar-refractivity contribution in [2.45, 2.75) is 13.0 Å². The highest BCUT2D eigenvalue weighted by Gasteiger charge is 2.43. The monoisotopic (exact) mass is 374 g/mol. The van der Waals surface area contributed by atoms with E-state index in [1.54, 1.807) is 49.4 Å². The van der Waals surface area contributed by atoms with Crippen LogP contribution in [0.3, 0.4) is 0 Å². The number of hydrogen-bond acceptors (Lipinski definition) is 5. The number of imide groups is 1. The molecule has 1 atom stereocenters. The molecule has 8 heteroatoms. The largest absolute Gasteiger partial charge is 0.382 e. The Labute approximate surface area is 151 Å². The molecule has 1 heterocycles. The van der Waals surface area contributed by atoms with Gasteiger partial charge in [0.1, 0.15) is 17.5 Å². The molecular weight excluding hydrogens is 356 g/mol. The minimum atomic E-state index is -3.93. The average molecular weight is 374 g/mol. The van der Waals surface area contributed by atoms with E-state index in [-0.39, 0.29) is 12.3 Å². The molecule has 1 unspecified atom stereocenters. The lowest BCUT2D eigenvalue weighted by Gasteiger charge is -2.19. The second kappa shape index (κ2) is 7.17. The molecule has 136 valence electrons. The average Bonchev–Trinajstić information content (AvgIpc) is 2.83. The molecule has 1 saturated heterocycles. The third-order valence-corrected chi connectivity index (χ3v) is 5.14. The lowest BCUT2D eigenvalue weighted by Crippen LogP contribution is -2.37. The van der Waals surface area contributed by atoms with Crippen molar-refractivity contribution in [3.05, 3.63) is 60.7 Å². The molecule has 1 aliphatic rings. The van der Waals surface area contributed by atoms with Crippen LogP contribution in [0, 0.1) is 0 Å². The molecule has 1 fully saturated rings. The molecule has 0 N–H and O–H groups in total. The maximum Gasteiger partial charge on any atom is 0.332 e. The van der Waals surface area contributed by atoms with E-state index in [0.29, 0.717) is 5.69 Å². The first-order chi connectivity index (χ1) is 12.4. The van der Waals surface area contributed by atoms with Gasteiger partial charge in [0.15, 0.2) is 0 Å². The van der Waals surface area contributed by atoms with Gasteiger partial charge in [0, 0.05) is 12.2 Å². The third kappa shape index (κ3) is 3.70. The predicted octanol–water partition coefficient (Wildman–Crippen LogP) is 2.25. The van der Waals surface area contributed by atoms with Crippen LogP contribution in [-0.2, 0) is 14.9 Å². The molecule has 0 aromatic heterocycles. The fourth-order valence-corrected chi connectivity index (χ4v) is 3.62. The fourth-order valence-electron chi connectivity index (χ4n) is 2.72. The van der Waals surface area contributed by atoms with E-state index in [9.17, 15) is 18.0 Å². The van der Waals surface area contributed by atoms with Crippen molar-refractivity contribution in [1.82, 2.24) is 4.90 Å². The maximum absolute atomic E-state index is 12.6. The molecular formula is C18H18N2O5S. The Balaban J connectivity index is 1.70. The molecule has 0 bridgehead atoms. The second-order valence-electron chi connectivity index (χ2n) is 5.81. The summed E-state index contributed by atoms with van der Waals surface area (Å²) in [5.74, 6) is -0.728. The van der Waals surface area contributed by atoms with E-state index in [1.165, 1.54) is 17.0 Å². The molecule has 2 aromatic carbocycles.